The van der Waals surface area contributed by atoms with E-state index in [1.807, 2.05) is 36.4 Å². The van der Waals surface area contributed by atoms with Crippen LogP contribution in [0.3, 0.4) is 0 Å². The van der Waals surface area contributed by atoms with Crippen LogP contribution in [0.2, 0.25) is 0 Å². The summed E-state index contributed by atoms with van der Waals surface area (Å²) in [4.78, 5) is 23.1. The van der Waals surface area contributed by atoms with Crippen molar-refractivity contribution >= 4 is 12.1 Å². The Bertz CT molecular complexity index is 656. The quantitative estimate of drug-likeness (QED) is 0.622. The summed E-state index contributed by atoms with van der Waals surface area (Å²) in [6.45, 7) is 0. The first kappa shape index (κ1) is 13.6. The molecule has 0 saturated heterocycles. The molecule has 3 nitrogen and oxygen atoms in total. The van der Waals surface area contributed by atoms with E-state index in [1.165, 1.54) is 0 Å². The Kier molecular flexibility index (Phi) is 3.57. The molecule has 0 N–H and O–H groups in total. The summed E-state index contributed by atoms with van der Waals surface area (Å²) in [7, 11) is 1.61. The first-order chi connectivity index (χ1) is 10.2. The molecule has 3 heteroatoms. The number of hydrogen-bond acceptors (Lipinski definition) is 3. The van der Waals surface area contributed by atoms with E-state index in [2.05, 4.69) is 0 Å². The van der Waals surface area contributed by atoms with Gasteiger partial charge in [0.1, 0.15) is 12.0 Å². The number of rotatable bonds is 5. The fourth-order valence-electron chi connectivity index (χ4n) is 2.64. The minimum Gasteiger partial charge on any atom is -0.497 e. The third-order valence-electron chi connectivity index (χ3n) is 4.00. The third kappa shape index (κ3) is 2.72. The first-order valence-corrected chi connectivity index (χ1v) is 6.96. The van der Waals surface area contributed by atoms with Gasteiger partial charge in [0, 0.05) is 17.0 Å². The smallest absolute Gasteiger partial charge is 0.166 e. The van der Waals surface area contributed by atoms with Crippen molar-refractivity contribution in [3.8, 4) is 5.75 Å². The number of methoxy groups -OCH3 is 1. The number of hydrogen-bond donors (Lipinski definition) is 0. The van der Waals surface area contributed by atoms with Crippen molar-refractivity contribution in [3.63, 3.8) is 0 Å². The number of carbonyl (C=O) groups excluding carboxylic acids is 2. The lowest BCUT2D eigenvalue weighted by molar-refractivity contribution is 0.0965. The van der Waals surface area contributed by atoms with Crippen LogP contribution < -0.4 is 4.74 Å². The van der Waals surface area contributed by atoms with Gasteiger partial charge in [-0.1, -0.05) is 24.3 Å². The number of ether oxygens (including phenoxy) is 1. The van der Waals surface area contributed by atoms with Crippen molar-refractivity contribution in [2.75, 3.05) is 7.11 Å². The predicted octanol–water partition coefficient (Wildman–Crippen LogP) is 3.49. The molecule has 3 rings (SSSR count). The van der Waals surface area contributed by atoms with Crippen LogP contribution in [0.15, 0.2) is 48.5 Å². The number of carbonyl (C=O) groups is 2. The molecule has 0 bridgehead atoms. The average Bonchev–Trinajstić information content (AvgIpc) is 3.35. The highest BCUT2D eigenvalue weighted by Gasteiger charge is 2.43. The Morgan fingerprint density at radius 2 is 1.76 bits per heavy atom. The van der Waals surface area contributed by atoms with Crippen molar-refractivity contribution in [2.24, 2.45) is 5.92 Å². The number of ketones is 1. The molecular weight excluding hydrogens is 264 g/mol. The van der Waals surface area contributed by atoms with Crippen LogP contribution in [0, 0.1) is 5.92 Å². The van der Waals surface area contributed by atoms with Gasteiger partial charge >= 0.3 is 0 Å². The summed E-state index contributed by atoms with van der Waals surface area (Å²) < 4.78 is 5.10. The molecule has 2 aromatic rings. The maximum absolute atomic E-state index is 12.4. The molecule has 1 fully saturated rings. The Balaban J connectivity index is 1.70. The summed E-state index contributed by atoms with van der Waals surface area (Å²) in [5.74, 6) is 1.27. The molecule has 2 atom stereocenters. The molecule has 0 heterocycles. The van der Waals surface area contributed by atoms with Gasteiger partial charge in [-0.3, -0.25) is 9.59 Å². The maximum atomic E-state index is 12.4. The van der Waals surface area contributed by atoms with Crippen LogP contribution >= 0.6 is 0 Å². The summed E-state index contributed by atoms with van der Waals surface area (Å²) >= 11 is 0. The average molecular weight is 280 g/mol. The van der Waals surface area contributed by atoms with Crippen LogP contribution in [-0.4, -0.2) is 19.2 Å². The fourth-order valence-corrected chi connectivity index (χ4v) is 2.64. The summed E-state index contributed by atoms with van der Waals surface area (Å²) in [6.07, 6.45) is 1.71. The molecule has 0 unspecified atom stereocenters. The van der Waals surface area contributed by atoms with Crippen LogP contribution in [-0.2, 0) is 0 Å². The summed E-state index contributed by atoms with van der Waals surface area (Å²) in [5, 5.41) is 0. The molecule has 106 valence electrons. The second-order valence-corrected chi connectivity index (χ2v) is 5.33. The molecule has 0 radical (unpaired) electrons. The number of Topliss-reactive ketones (excluding diaryl/α,β-unsaturated/α-hetero) is 1. The monoisotopic (exact) mass is 280 g/mol. The van der Waals surface area contributed by atoms with Crippen LogP contribution in [0.5, 0.6) is 5.75 Å². The first-order valence-electron chi connectivity index (χ1n) is 6.96. The maximum Gasteiger partial charge on any atom is 0.166 e. The summed E-state index contributed by atoms with van der Waals surface area (Å²) in [6, 6.07) is 14.7. The molecule has 1 saturated carbocycles. The van der Waals surface area contributed by atoms with Gasteiger partial charge in [-0.25, -0.2) is 0 Å². The largest absolute Gasteiger partial charge is 0.497 e. The van der Waals surface area contributed by atoms with Crippen molar-refractivity contribution < 1.29 is 14.3 Å². The second kappa shape index (κ2) is 5.52. The molecule has 1 aliphatic carbocycles. The van der Waals surface area contributed by atoms with Gasteiger partial charge in [-0.2, -0.15) is 0 Å². The molecule has 0 aromatic heterocycles. The van der Waals surface area contributed by atoms with Crippen molar-refractivity contribution in [3.05, 3.63) is 65.2 Å². The molecule has 2 aromatic carbocycles. The minimum atomic E-state index is 0.0560. The zero-order valence-electron chi connectivity index (χ0n) is 11.8. The van der Waals surface area contributed by atoms with E-state index in [0.717, 1.165) is 29.6 Å². The summed E-state index contributed by atoms with van der Waals surface area (Å²) in [5.41, 5.74) is 2.53. The van der Waals surface area contributed by atoms with E-state index in [9.17, 15) is 9.59 Å². The highest BCUT2D eigenvalue weighted by Crippen LogP contribution is 2.49. The zero-order valence-corrected chi connectivity index (χ0v) is 11.8. The molecule has 21 heavy (non-hydrogen) atoms. The Morgan fingerprint density at radius 1 is 1.10 bits per heavy atom. The molecule has 0 amide bonds. The van der Waals surface area contributed by atoms with E-state index >= 15 is 0 Å². The van der Waals surface area contributed by atoms with Crippen LogP contribution in [0.1, 0.15) is 38.6 Å². The number of aldehydes is 1. The standard InChI is InChI=1S/C18H16O3/c1-21-15-8-6-14(7-9-15)18(20)17-10-16(17)13-4-2-12(11-19)3-5-13/h2-9,11,16-17H,10H2,1H3/t16-,17+/m1/s1. The minimum absolute atomic E-state index is 0.0560. The second-order valence-electron chi connectivity index (χ2n) is 5.33. The predicted molar refractivity (Wildman–Crippen MR) is 80.0 cm³/mol. The topological polar surface area (TPSA) is 43.4 Å². The normalized spacial score (nSPS) is 19.9. The van der Waals surface area contributed by atoms with E-state index in [-0.39, 0.29) is 17.6 Å². The van der Waals surface area contributed by atoms with E-state index < -0.39 is 0 Å². The highest BCUT2D eigenvalue weighted by atomic mass is 16.5. The Labute approximate surface area is 123 Å². The molecule has 1 aliphatic rings. The lowest BCUT2D eigenvalue weighted by atomic mass is 10.0. The van der Waals surface area contributed by atoms with Gasteiger partial charge in [0.05, 0.1) is 7.11 Å². The van der Waals surface area contributed by atoms with Gasteiger partial charge in [-0.05, 0) is 42.2 Å². The van der Waals surface area contributed by atoms with Crippen LogP contribution in [0.4, 0.5) is 0 Å². The molecule has 0 spiro atoms. The highest BCUT2D eigenvalue weighted by molar-refractivity contribution is 6.00. The lowest BCUT2D eigenvalue weighted by Gasteiger charge is -2.03. The van der Waals surface area contributed by atoms with Crippen molar-refractivity contribution in [1.29, 1.82) is 0 Å². The number of benzene rings is 2. The van der Waals surface area contributed by atoms with Crippen LogP contribution in [0.25, 0.3) is 0 Å². The van der Waals surface area contributed by atoms with Gasteiger partial charge in [0.25, 0.3) is 0 Å². The fraction of sp³-hybridized carbons (Fsp3) is 0.222. The van der Waals surface area contributed by atoms with Crippen molar-refractivity contribution in [1.82, 2.24) is 0 Å². The third-order valence-corrected chi connectivity index (χ3v) is 4.00. The zero-order chi connectivity index (χ0) is 14.8. The Hall–Kier alpha value is -2.42. The van der Waals surface area contributed by atoms with Gasteiger partial charge in [0.15, 0.2) is 5.78 Å². The van der Waals surface area contributed by atoms with Crippen molar-refractivity contribution in [2.45, 2.75) is 12.3 Å². The van der Waals surface area contributed by atoms with E-state index in [1.54, 1.807) is 19.2 Å². The SMILES string of the molecule is COc1ccc(C(=O)[C@H]2C[C@@H]2c2ccc(C=O)cc2)cc1. The van der Waals surface area contributed by atoms with E-state index in [4.69, 9.17) is 4.74 Å². The van der Waals surface area contributed by atoms with Gasteiger partial charge < -0.3 is 4.74 Å². The van der Waals surface area contributed by atoms with Gasteiger partial charge in [-0.15, -0.1) is 0 Å². The molecular formula is C18H16O3. The van der Waals surface area contributed by atoms with E-state index in [0.29, 0.717) is 5.56 Å². The lowest BCUT2D eigenvalue weighted by Crippen LogP contribution is -2.03. The molecule has 0 aliphatic heterocycles. The Morgan fingerprint density at radius 3 is 2.33 bits per heavy atom. The van der Waals surface area contributed by atoms with Gasteiger partial charge in [0.2, 0.25) is 0 Å².